The van der Waals surface area contributed by atoms with Crippen molar-refractivity contribution >= 4 is 11.9 Å². The Bertz CT molecular complexity index is 2580. The summed E-state index contributed by atoms with van der Waals surface area (Å²) in [5.41, 5.74) is 4.44. The van der Waals surface area contributed by atoms with Crippen molar-refractivity contribution in [2.45, 2.75) is 64.4 Å². The van der Waals surface area contributed by atoms with Gasteiger partial charge in [-0.2, -0.15) is 0 Å². The summed E-state index contributed by atoms with van der Waals surface area (Å²) >= 11 is 0. The zero-order valence-electron chi connectivity index (χ0n) is 34.1. The maximum Gasteiger partial charge on any atom is 0.520 e. The fourth-order valence-corrected chi connectivity index (χ4v) is 8.46. The number of anilines is 1. The highest BCUT2D eigenvalue weighted by Crippen LogP contribution is 2.44. The van der Waals surface area contributed by atoms with Crippen LogP contribution in [0.15, 0.2) is 165 Å². The van der Waals surface area contributed by atoms with Gasteiger partial charge in [-0.15, -0.1) is 5.10 Å². The lowest BCUT2D eigenvalue weighted by atomic mass is 9.77. The maximum atomic E-state index is 14.1. The molecule has 7 aromatic rings. The minimum atomic E-state index is -1.43. The van der Waals surface area contributed by atoms with Gasteiger partial charge in [0, 0.05) is 12.6 Å². The zero-order chi connectivity index (χ0) is 42.0. The summed E-state index contributed by atoms with van der Waals surface area (Å²) in [5, 5.41) is 25.0. The van der Waals surface area contributed by atoms with Gasteiger partial charge < -0.3 is 23.6 Å². The van der Waals surface area contributed by atoms with Crippen molar-refractivity contribution in [3.05, 3.63) is 190 Å². The number of likely N-dealkylation sites (N-methyl/N-ethyl adjacent to an activating group) is 1. The third-order valence-electron chi connectivity index (χ3n) is 11.0. The highest BCUT2D eigenvalue weighted by Gasteiger charge is 2.48. The van der Waals surface area contributed by atoms with Gasteiger partial charge in [0.1, 0.15) is 23.9 Å². The van der Waals surface area contributed by atoms with Crippen molar-refractivity contribution < 1.29 is 23.5 Å². The number of rotatable bonds is 13. The standard InChI is InChI=1S/C48H46N6O6/c1-6-18-40-52(5)42(47(3,4)57)41(53(40)44-32(2)59-46(56)60-44)45(55)58-31-33-27-29-34(30-28-33)38-25-16-17-26-39(38)43-49-50-51-54(43)48(35-19-10-7-11-20-35,36-21-12-8-13-22-36)37-23-14-9-15-24-37/h7-17,19-30,40,57H,6,18,31H2,1-5H3. The van der Waals surface area contributed by atoms with E-state index in [4.69, 9.17) is 18.8 Å². The van der Waals surface area contributed by atoms with Crippen LogP contribution in [0.5, 0.6) is 0 Å². The van der Waals surface area contributed by atoms with Crippen LogP contribution in [0.2, 0.25) is 0 Å². The molecule has 0 fully saturated rings. The second kappa shape index (κ2) is 16.3. The normalized spacial score (nSPS) is 14.5. The van der Waals surface area contributed by atoms with E-state index < -0.39 is 29.1 Å². The quantitative estimate of drug-likeness (QED) is 0.0890. The molecule has 12 heteroatoms. The Morgan fingerprint density at radius 3 is 1.85 bits per heavy atom. The van der Waals surface area contributed by atoms with Gasteiger partial charge in [0.25, 0.3) is 0 Å². The Kier molecular flexibility index (Phi) is 10.8. The molecule has 5 aromatic carbocycles. The molecule has 0 aliphatic carbocycles. The summed E-state index contributed by atoms with van der Waals surface area (Å²) in [6, 6.07) is 46.6. The van der Waals surface area contributed by atoms with Crippen LogP contribution in [-0.4, -0.2) is 55.0 Å². The van der Waals surface area contributed by atoms with Crippen LogP contribution in [-0.2, 0) is 21.7 Å². The summed E-state index contributed by atoms with van der Waals surface area (Å²) in [6.45, 7) is 6.77. The second-order valence-electron chi connectivity index (χ2n) is 15.4. The number of esters is 1. The number of hydrogen-bond acceptors (Lipinski definition) is 11. The van der Waals surface area contributed by atoms with Crippen LogP contribution >= 0.6 is 0 Å². The van der Waals surface area contributed by atoms with E-state index in [1.54, 1.807) is 32.7 Å². The minimum absolute atomic E-state index is 0.0558. The Labute approximate surface area is 348 Å². The number of ether oxygens (including phenoxy) is 1. The van der Waals surface area contributed by atoms with Gasteiger partial charge in [-0.3, -0.25) is 4.90 Å². The topological polar surface area (TPSA) is 140 Å². The number of carbonyl (C=O) groups excluding carboxylic acids is 1. The molecule has 0 spiro atoms. The number of carbonyl (C=O) groups is 1. The smallest absolute Gasteiger partial charge is 0.456 e. The average Bonchev–Trinajstić information content (AvgIpc) is 3.96. The molecular formula is C48H46N6O6. The predicted molar refractivity (Wildman–Crippen MR) is 227 cm³/mol. The first-order valence-corrected chi connectivity index (χ1v) is 19.9. The lowest BCUT2D eigenvalue weighted by Crippen LogP contribution is -2.41. The van der Waals surface area contributed by atoms with Crippen LogP contribution in [0.4, 0.5) is 5.88 Å². The van der Waals surface area contributed by atoms with Gasteiger partial charge in [0.05, 0.1) is 5.70 Å². The molecule has 2 aromatic heterocycles. The molecular weight excluding hydrogens is 757 g/mol. The number of aliphatic hydroxyl groups is 1. The molecule has 3 heterocycles. The number of tetrazole rings is 1. The molecule has 304 valence electrons. The highest BCUT2D eigenvalue weighted by molar-refractivity contribution is 5.95. The van der Waals surface area contributed by atoms with Gasteiger partial charge in [-0.05, 0) is 71.0 Å². The molecule has 12 nitrogen and oxygen atoms in total. The third-order valence-corrected chi connectivity index (χ3v) is 11.0. The molecule has 60 heavy (non-hydrogen) atoms. The fourth-order valence-electron chi connectivity index (χ4n) is 8.46. The van der Waals surface area contributed by atoms with Crippen LogP contribution in [0.25, 0.3) is 22.5 Å². The first kappa shape index (κ1) is 39.8. The first-order chi connectivity index (χ1) is 29.0. The number of benzene rings is 5. The summed E-state index contributed by atoms with van der Waals surface area (Å²) in [4.78, 5) is 29.7. The second-order valence-corrected chi connectivity index (χ2v) is 15.4. The highest BCUT2D eigenvalue weighted by atomic mass is 16.6. The van der Waals surface area contributed by atoms with Gasteiger partial charge in [0.15, 0.2) is 17.3 Å². The van der Waals surface area contributed by atoms with Crippen molar-refractivity contribution in [2.24, 2.45) is 0 Å². The number of nitrogens with zero attached hydrogens (tertiary/aromatic N) is 6. The summed E-state index contributed by atoms with van der Waals surface area (Å²) in [5.74, 6) is -0.675. The van der Waals surface area contributed by atoms with Crippen molar-refractivity contribution in [3.8, 4) is 22.5 Å². The van der Waals surface area contributed by atoms with E-state index >= 15 is 0 Å². The van der Waals surface area contributed by atoms with Crippen molar-refractivity contribution in [1.82, 2.24) is 25.1 Å². The first-order valence-electron chi connectivity index (χ1n) is 19.9. The molecule has 1 atom stereocenters. The van der Waals surface area contributed by atoms with E-state index in [1.807, 2.05) is 120 Å². The largest absolute Gasteiger partial charge is 0.520 e. The molecule has 0 radical (unpaired) electrons. The lowest BCUT2D eigenvalue weighted by molar-refractivity contribution is -0.140. The van der Waals surface area contributed by atoms with Crippen LogP contribution in [0.3, 0.4) is 0 Å². The van der Waals surface area contributed by atoms with E-state index in [9.17, 15) is 14.7 Å². The molecule has 0 amide bonds. The molecule has 0 bridgehead atoms. The molecule has 0 saturated heterocycles. The van der Waals surface area contributed by atoms with Gasteiger partial charge in [-0.25, -0.2) is 14.3 Å². The van der Waals surface area contributed by atoms with E-state index in [2.05, 4.69) is 46.7 Å². The van der Waals surface area contributed by atoms with Gasteiger partial charge in [-0.1, -0.05) is 153 Å². The molecule has 1 aliphatic rings. The third kappa shape index (κ3) is 7.08. The molecule has 1 unspecified atom stereocenters. The number of hydrogen-bond donors (Lipinski definition) is 1. The Morgan fingerprint density at radius 2 is 1.33 bits per heavy atom. The lowest BCUT2D eigenvalue weighted by Gasteiger charge is -2.36. The van der Waals surface area contributed by atoms with Crippen LogP contribution in [0.1, 0.15) is 61.6 Å². The Hall–Kier alpha value is -7.05. The van der Waals surface area contributed by atoms with Crippen molar-refractivity contribution in [1.29, 1.82) is 0 Å². The van der Waals surface area contributed by atoms with Gasteiger partial charge >= 0.3 is 11.8 Å². The molecule has 8 rings (SSSR count). The molecule has 1 N–H and O–H groups in total. The summed E-state index contributed by atoms with van der Waals surface area (Å²) in [7, 11) is 1.80. The van der Waals surface area contributed by atoms with E-state index in [-0.39, 0.29) is 23.9 Å². The monoisotopic (exact) mass is 802 g/mol. The summed E-state index contributed by atoms with van der Waals surface area (Å²) < 4.78 is 18.5. The van der Waals surface area contributed by atoms with Gasteiger partial charge in [0.2, 0.25) is 5.88 Å². The van der Waals surface area contributed by atoms with E-state index in [0.717, 1.165) is 45.4 Å². The molecule has 0 saturated carbocycles. The fraction of sp³-hybridized carbons (Fsp3) is 0.229. The van der Waals surface area contributed by atoms with Crippen molar-refractivity contribution in [2.75, 3.05) is 11.9 Å². The van der Waals surface area contributed by atoms with E-state index in [1.165, 1.54) is 0 Å². The summed E-state index contributed by atoms with van der Waals surface area (Å²) in [6.07, 6.45) is 0.923. The Balaban J connectivity index is 1.14. The number of aryl methyl sites for hydroxylation is 1. The predicted octanol–water partition coefficient (Wildman–Crippen LogP) is 8.31. The Morgan fingerprint density at radius 1 is 0.783 bits per heavy atom. The minimum Gasteiger partial charge on any atom is -0.456 e. The van der Waals surface area contributed by atoms with Crippen molar-refractivity contribution in [3.63, 3.8) is 0 Å². The van der Waals surface area contributed by atoms with Crippen LogP contribution in [0, 0.1) is 6.92 Å². The van der Waals surface area contributed by atoms with Crippen LogP contribution < -0.4 is 10.7 Å². The zero-order valence-corrected chi connectivity index (χ0v) is 34.1. The van der Waals surface area contributed by atoms with E-state index in [0.29, 0.717) is 17.9 Å². The number of aromatic nitrogens is 4. The SMILES string of the molecule is CCCC1N(C)C(C(C)(C)O)=C(C(=O)OCc2ccc(-c3ccccc3-c3nnnn3C(c3ccccc3)(c3ccccc3)c3ccccc3)cc2)N1c1oc(=O)oc1C. The average molecular weight is 803 g/mol. The molecule has 1 aliphatic heterocycles. The maximum absolute atomic E-state index is 14.1.